The number of rotatable bonds is 4. The maximum absolute atomic E-state index is 13.3. The van der Waals surface area contributed by atoms with Crippen LogP contribution in [-0.4, -0.2) is 0 Å². The summed E-state index contributed by atoms with van der Waals surface area (Å²) in [6, 6.07) is 5.30. The van der Waals surface area contributed by atoms with Crippen LogP contribution in [0, 0.1) is 5.82 Å². The molecule has 0 radical (unpaired) electrons. The molecule has 0 fully saturated rings. The van der Waals surface area contributed by atoms with Gasteiger partial charge in [0.05, 0.1) is 5.56 Å². The molecule has 1 atom stereocenters. The molecule has 3 nitrogen and oxygen atoms in total. The molecule has 1 aromatic carbocycles. The SMILES string of the molecule is CCc1ccc(C(NN)c2ccc(F)c(C(F)(F)F)c2)o1. The molecule has 0 aliphatic heterocycles. The third-order valence-corrected chi connectivity index (χ3v) is 3.11. The summed E-state index contributed by atoms with van der Waals surface area (Å²) < 4.78 is 57.0. The van der Waals surface area contributed by atoms with E-state index in [2.05, 4.69) is 5.43 Å². The average Bonchev–Trinajstić information content (AvgIpc) is 2.89. The summed E-state index contributed by atoms with van der Waals surface area (Å²) in [6.45, 7) is 1.88. The maximum atomic E-state index is 13.3. The number of benzene rings is 1. The Morgan fingerprint density at radius 3 is 2.48 bits per heavy atom. The van der Waals surface area contributed by atoms with Crippen LogP contribution in [0.25, 0.3) is 0 Å². The first kappa shape index (κ1) is 15.5. The van der Waals surface area contributed by atoms with E-state index in [0.717, 1.165) is 12.1 Å². The Bertz CT molecular complexity index is 622. The second-order valence-electron chi connectivity index (χ2n) is 4.49. The molecule has 2 aromatic rings. The van der Waals surface area contributed by atoms with Crippen molar-refractivity contribution in [2.75, 3.05) is 0 Å². The van der Waals surface area contributed by atoms with E-state index >= 15 is 0 Å². The molecule has 0 saturated carbocycles. The van der Waals surface area contributed by atoms with Crippen LogP contribution in [0.15, 0.2) is 34.7 Å². The van der Waals surface area contributed by atoms with Crippen LogP contribution in [0.1, 0.15) is 35.6 Å². The minimum atomic E-state index is -4.77. The fourth-order valence-corrected chi connectivity index (χ4v) is 2.02. The van der Waals surface area contributed by atoms with Gasteiger partial charge in [0.1, 0.15) is 23.4 Å². The number of hydrogen-bond donors (Lipinski definition) is 2. The third-order valence-electron chi connectivity index (χ3n) is 3.11. The minimum Gasteiger partial charge on any atom is -0.464 e. The monoisotopic (exact) mass is 302 g/mol. The number of hydrogen-bond acceptors (Lipinski definition) is 3. The zero-order valence-electron chi connectivity index (χ0n) is 11.2. The van der Waals surface area contributed by atoms with Gasteiger partial charge in [-0.2, -0.15) is 13.2 Å². The number of aryl methyl sites for hydroxylation is 1. The Kier molecular flexibility index (Phi) is 4.34. The highest BCUT2D eigenvalue weighted by Crippen LogP contribution is 2.34. The zero-order chi connectivity index (χ0) is 15.6. The highest BCUT2D eigenvalue weighted by atomic mass is 19.4. The van der Waals surface area contributed by atoms with Gasteiger partial charge in [0.15, 0.2) is 0 Å². The van der Waals surface area contributed by atoms with Gasteiger partial charge in [-0.15, -0.1) is 0 Å². The van der Waals surface area contributed by atoms with Crippen molar-refractivity contribution >= 4 is 0 Å². The third kappa shape index (κ3) is 3.25. The van der Waals surface area contributed by atoms with Crippen LogP contribution in [0.3, 0.4) is 0 Å². The van der Waals surface area contributed by atoms with Crippen molar-refractivity contribution in [2.24, 2.45) is 5.84 Å². The number of nitrogens with one attached hydrogen (secondary N) is 1. The molecule has 2 rings (SSSR count). The Morgan fingerprint density at radius 2 is 1.95 bits per heavy atom. The van der Waals surface area contributed by atoms with Crippen molar-refractivity contribution in [1.29, 1.82) is 0 Å². The predicted octanol–water partition coefficient (Wildman–Crippen LogP) is 3.55. The highest BCUT2D eigenvalue weighted by Gasteiger charge is 2.35. The number of nitrogens with two attached hydrogens (primary N) is 1. The molecule has 0 spiro atoms. The van der Waals surface area contributed by atoms with Gasteiger partial charge in [0.2, 0.25) is 0 Å². The van der Waals surface area contributed by atoms with Crippen LogP contribution >= 0.6 is 0 Å². The van der Waals surface area contributed by atoms with Crippen LogP contribution in [-0.2, 0) is 12.6 Å². The molecule has 1 unspecified atom stereocenters. The first-order valence-corrected chi connectivity index (χ1v) is 6.28. The van der Waals surface area contributed by atoms with Crippen molar-refractivity contribution < 1.29 is 22.0 Å². The van der Waals surface area contributed by atoms with Crippen molar-refractivity contribution in [2.45, 2.75) is 25.6 Å². The molecule has 0 bridgehead atoms. The molecule has 0 amide bonds. The molecular weight excluding hydrogens is 288 g/mol. The normalized spacial score (nSPS) is 13.4. The van der Waals surface area contributed by atoms with Gasteiger partial charge in [-0.05, 0) is 29.8 Å². The van der Waals surface area contributed by atoms with Crippen LogP contribution in [0.2, 0.25) is 0 Å². The molecule has 114 valence electrons. The van der Waals surface area contributed by atoms with Gasteiger partial charge >= 0.3 is 6.18 Å². The largest absolute Gasteiger partial charge is 0.464 e. The van der Waals surface area contributed by atoms with E-state index < -0.39 is 23.6 Å². The van der Waals surface area contributed by atoms with E-state index in [1.54, 1.807) is 12.1 Å². The summed E-state index contributed by atoms with van der Waals surface area (Å²) in [7, 11) is 0. The summed E-state index contributed by atoms with van der Waals surface area (Å²) in [5.41, 5.74) is 1.23. The zero-order valence-corrected chi connectivity index (χ0v) is 11.2. The number of hydrazine groups is 1. The van der Waals surface area contributed by atoms with Gasteiger partial charge in [-0.1, -0.05) is 13.0 Å². The summed E-state index contributed by atoms with van der Waals surface area (Å²) in [5.74, 6) is 5.13. The Morgan fingerprint density at radius 1 is 1.24 bits per heavy atom. The molecule has 1 heterocycles. The molecule has 0 aliphatic rings. The molecule has 3 N–H and O–H groups in total. The first-order valence-electron chi connectivity index (χ1n) is 6.28. The highest BCUT2D eigenvalue weighted by molar-refractivity contribution is 5.33. The Balaban J connectivity index is 2.43. The lowest BCUT2D eigenvalue weighted by Crippen LogP contribution is -2.29. The summed E-state index contributed by atoms with van der Waals surface area (Å²) >= 11 is 0. The number of furan rings is 1. The van der Waals surface area contributed by atoms with Gasteiger partial charge in [0.25, 0.3) is 0 Å². The lowest BCUT2D eigenvalue weighted by atomic mass is 10.0. The van der Waals surface area contributed by atoms with Gasteiger partial charge in [-0.25, -0.2) is 9.82 Å². The summed E-state index contributed by atoms with van der Waals surface area (Å²) in [6.07, 6.45) is -4.12. The second kappa shape index (κ2) is 5.87. The van der Waals surface area contributed by atoms with E-state index in [1.165, 1.54) is 6.07 Å². The van der Waals surface area contributed by atoms with E-state index in [9.17, 15) is 17.6 Å². The molecule has 1 aromatic heterocycles. The molecule has 0 saturated heterocycles. The molecule has 21 heavy (non-hydrogen) atoms. The van der Waals surface area contributed by atoms with Crippen molar-refractivity contribution in [1.82, 2.24) is 5.43 Å². The summed E-state index contributed by atoms with van der Waals surface area (Å²) in [4.78, 5) is 0. The van der Waals surface area contributed by atoms with E-state index in [0.29, 0.717) is 17.9 Å². The minimum absolute atomic E-state index is 0.170. The predicted molar refractivity (Wildman–Crippen MR) is 68.7 cm³/mol. The second-order valence-corrected chi connectivity index (χ2v) is 4.49. The summed E-state index contributed by atoms with van der Waals surface area (Å²) in [5, 5.41) is 0. The quantitative estimate of drug-likeness (QED) is 0.516. The van der Waals surface area contributed by atoms with Crippen molar-refractivity contribution in [3.05, 3.63) is 58.8 Å². The van der Waals surface area contributed by atoms with Crippen molar-refractivity contribution in [3.63, 3.8) is 0 Å². The fraction of sp³-hybridized carbons (Fsp3) is 0.286. The van der Waals surface area contributed by atoms with Crippen LogP contribution < -0.4 is 11.3 Å². The Hall–Kier alpha value is -1.86. The van der Waals surface area contributed by atoms with Gasteiger partial charge in [0, 0.05) is 6.42 Å². The first-order chi connectivity index (χ1) is 9.86. The standard InChI is InChI=1S/C14H14F4N2O/c1-2-9-4-6-12(21-9)13(20-19)8-3-5-11(15)10(7-8)14(16,17)18/h3-7,13,20H,2,19H2,1H3. The van der Waals surface area contributed by atoms with E-state index in [4.69, 9.17) is 10.3 Å². The van der Waals surface area contributed by atoms with Gasteiger partial charge in [-0.3, -0.25) is 5.84 Å². The van der Waals surface area contributed by atoms with Crippen molar-refractivity contribution in [3.8, 4) is 0 Å². The number of halogens is 4. The Labute approximate surface area is 118 Å². The average molecular weight is 302 g/mol. The van der Waals surface area contributed by atoms with E-state index in [1.807, 2.05) is 6.92 Å². The van der Waals surface area contributed by atoms with Crippen LogP contribution in [0.5, 0.6) is 0 Å². The fourth-order valence-electron chi connectivity index (χ4n) is 2.02. The molecule has 7 heteroatoms. The molecule has 0 aliphatic carbocycles. The van der Waals surface area contributed by atoms with E-state index in [-0.39, 0.29) is 5.56 Å². The number of alkyl halides is 3. The lowest BCUT2D eigenvalue weighted by molar-refractivity contribution is -0.140. The van der Waals surface area contributed by atoms with Gasteiger partial charge < -0.3 is 4.42 Å². The maximum Gasteiger partial charge on any atom is 0.419 e. The topological polar surface area (TPSA) is 51.2 Å². The lowest BCUT2D eigenvalue weighted by Gasteiger charge is -2.16. The van der Waals surface area contributed by atoms with Crippen LogP contribution in [0.4, 0.5) is 17.6 Å². The smallest absolute Gasteiger partial charge is 0.419 e. The molecular formula is C14H14F4N2O.